The topological polar surface area (TPSA) is 109 Å². The number of nitrogens with zero attached hydrogens (tertiary/aromatic N) is 3. The summed E-state index contributed by atoms with van der Waals surface area (Å²) in [5, 5.41) is 17.7. The molecule has 0 radical (unpaired) electrons. The lowest BCUT2D eigenvalue weighted by Crippen LogP contribution is -2.38. The lowest BCUT2D eigenvalue weighted by molar-refractivity contribution is 0.0322. The number of hydrogen-bond acceptors (Lipinski definition) is 9. The van der Waals surface area contributed by atoms with Crippen LogP contribution in [0.5, 0.6) is 5.75 Å². The predicted octanol–water partition coefficient (Wildman–Crippen LogP) is 4.20. The molecule has 3 heterocycles. The summed E-state index contributed by atoms with van der Waals surface area (Å²) in [6, 6.07) is 9.12. The van der Waals surface area contributed by atoms with Crippen LogP contribution in [0.4, 0.5) is 22.5 Å². The zero-order valence-corrected chi connectivity index (χ0v) is 19.5. The van der Waals surface area contributed by atoms with Crippen LogP contribution in [0.25, 0.3) is 0 Å². The molecule has 3 aromatic rings. The van der Waals surface area contributed by atoms with Crippen LogP contribution in [0.1, 0.15) is 10.4 Å². The predicted molar refractivity (Wildman–Crippen MR) is 127 cm³/mol. The van der Waals surface area contributed by atoms with Crippen molar-refractivity contribution in [2.45, 2.75) is 0 Å². The molecule has 32 heavy (non-hydrogen) atoms. The molecule has 3 N–H and O–H groups in total. The number of nitrogens with one attached hydrogen (secondary N) is 2. The van der Waals surface area contributed by atoms with Crippen molar-refractivity contribution >= 4 is 55.7 Å². The number of morpholine rings is 1. The van der Waals surface area contributed by atoms with Crippen molar-refractivity contribution in [3.63, 3.8) is 0 Å². The van der Waals surface area contributed by atoms with E-state index in [1.54, 1.807) is 17.6 Å². The molecule has 168 valence electrons. The summed E-state index contributed by atoms with van der Waals surface area (Å²) in [6.07, 6.45) is 1.61. The number of thiophene rings is 1. The maximum absolute atomic E-state index is 11.3. The van der Waals surface area contributed by atoms with E-state index in [1.165, 1.54) is 11.3 Å². The van der Waals surface area contributed by atoms with Crippen molar-refractivity contribution in [1.82, 2.24) is 14.9 Å². The van der Waals surface area contributed by atoms with Crippen molar-refractivity contribution < 1.29 is 19.4 Å². The van der Waals surface area contributed by atoms with Gasteiger partial charge in [0.1, 0.15) is 17.4 Å². The third-order valence-corrected chi connectivity index (χ3v) is 6.17. The van der Waals surface area contributed by atoms with Crippen molar-refractivity contribution in [3.05, 3.63) is 51.9 Å². The number of hydrogen-bond donors (Lipinski definition) is 3. The molecule has 0 aliphatic carbocycles. The van der Waals surface area contributed by atoms with Gasteiger partial charge in [-0.3, -0.25) is 4.90 Å². The second-order valence-corrected chi connectivity index (χ2v) is 8.71. The third kappa shape index (κ3) is 5.94. The number of carbonyl (C=O) groups is 1. The van der Waals surface area contributed by atoms with Crippen LogP contribution in [-0.2, 0) is 4.74 Å². The Hall–Kier alpha value is -2.73. The second kappa shape index (κ2) is 10.7. The van der Waals surface area contributed by atoms with Gasteiger partial charge in [0.25, 0.3) is 0 Å². The Labute approximate surface area is 197 Å². The number of benzene rings is 1. The summed E-state index contributed by atoms with van der Waals surface area (Å²) in [5.74, 6) is 0.645. The van der Waals surface area contributed by atoms with Crippen molar-refractivity contribution in [2.75, 3.05) is 50.1 Å². The second-order valence-electron chi connectivity index (χ2n) is 6.94. The lowest BCUT2D eigenvalue weighted by atomic mass is 10.3. The van der Waals surface area contributed by atoms with Crippen molar-refractivity contribution in [2.24, 2.45) is 0 Å². The van der Waals surface area contributed by atoms with Gasteiger partial charge in [0.05, 0.1) is 23.2 Å². The Morgan fingerprint density at radius 2 is 2.00 bits per heavy atom. The minimum absolute atomic E-state index is 0.194. The van der Waals surface area contributed by atoms with Gasteiger partial charge in [0.2, 0.25) is 5.95 Å². The molecule has 0 amide bonds. The van der Waals surface area contributed by atoms with E-state index < -0.39 is 5.97 Å². The van der Waals surface area contributed by atoms with Crippen LogP contribution in [-0.4, -0.2) is 65.4 Å². The van der Waals surface area contributed by atoms with E-state index >= 15 is 0 Å². The van der Waals surface area contributed by atoms with Gasteiger partial charge in [-0.15, -0.1) is 11.3 Å². The quantitative estimate of drug-likeness (QED) is 0.383. The zero-order valence-electron chi connectivity index (χ0n) is 17.1. The number of carboxylic acids is 1. The maximum atomic E-state index is 11.3. The Bertz CT molecular complexity index is 1060. The molecule has 0 saturated carbocycles. The molecular formula is C21H22BrN5O4S. The molecule has 11 heteroatoms. The highest BCUT2D eigenvalue weighted by Gasteiger charge is 2.14. The summed E-state index contributed by atoms with van der Waals surface area (Å²) in [5.41, 5.74) is 1.00. The molecule has 1 aromatic carbocycles. The normalized spacial score (nSPS) is 14.2. The third-order valence-electron chi connectivity index (χ3n) is 4.76. The molecule has 0 atom stereocenters. The minimum atomic E-state index is -0.996. The van der Waals surface area contributed by atoms with Gasteiger partial charge < -0.3 is 25.2 Å². The summed E-state index contributed by atoms with van der Waals surface area (Å²) < 4.78 is 11.8. The molecule has 1 fully saturated rings. The molecule has 0 unspecified atom stereocenters. The van der Waals surface area contributed by atoms with E-state index in [0.29, 0.717) is 27.8 Å². The van der Waals surface area contributed by atoms with E-state index in [0.717, 1.165) is 44.3 Å². The Balaban J connectivity index is 1.35. The van der Waals surface area contributed by atoms with Gasteiger partial charge in [0.15, 0.2) is 5.82 Å². The molecule has 1 aliphatic rings. The van der Waals surface area contributed by atoms with Crippen LogP contribution < -0.4 is 15.4 Å². The standard InChI is InChI=1S/C21H22BrN5O4S/c22-17-13-23-21(26-18(17)25-19-16(20(28)29)5-12-32-19)24-14-1-3-15(4-2-14)31-11-8-27-6-9-30-10-7-27/h1-5,12-13H,6-11H2,(H,28,29)(H2,23,24,25,26). The van der Waals surface area contributed by atoms with E-state index in [2.05, 4.69) is 41.4 Å². The number of anilines is 4. The van der Waals surface area contributed by atoms with E-state index in [9.17, 15) is 9.90 Å². The fourth-order valence-electron chi connectivity index (χ4n) is 3.08. The van der Waals surface area contributed by atoms with Crippen LogP contribution in [0.3, 0.4) is 0 Å². The molecule has 1 aliphatic heterocycles. The number of halogens is 1. The Kier molecular flexibility index (Phi) is 7.53. The van der Waals surface area contributed by atoms with Gasteiger partial charge in [-0.1, -0.05) is 0 Å². The fourth-order valence-corrected chi connectivity index (χ4v) is 4.15. The molecule has 0 bridgehead atoms. The average Bonchev–Trinajstić information content (AvgIpc) is 3.27. The molecule has 4 rings (SSSR count). The average molecular weight is 520 g/mol. The Morgan fingerprint density at radius 1 is 1.22 bits per heavy atom. The number of carboxylic acid groups (broad SMARTS) is 1. The largest absolute Gasteiger partial charge is 0.492 e. The van der Waals surface area contributed by atoms with Crippen LogP contribution in [0.15, 0.2) is 46.4 Å². The summed E-state index contributed by atoms with van der Waals surface area (Å²) in [4.78, 5) is 22.4. The van der Waals surface area contributed by atoms with Crippen molar-refractivity contribution in [1.29, 1.82) is 0 Å². The first kappa shape index (κ1) is 22.5. The number of aromatic nitrogens is 2. The van der Waals surface area contributed by atoms with Crippen molar-refractivity contribution in [3.8, 4) is 5.75 Å². The number of rotatable bonds is 9. The first-order valence-electron chi connectivity index (χ1n) is 9.99. The van der Waals surface area contributed by atoms with Gasteiger partial charge >= 0.3 is 5.97 Å². The van der Waals surface area contributed by atoms with Gasteiger partial charge in [0, 0.05) is 31.5 Å². The van der Waals surface area contributed by atoms with Crippen LogP contribution in [0, 0.1) is 0 Å². The van der Waals surface area contributed by atoms with E-state index in [-0.39, 0.29) is 5.56 Å². The van der Waals surface area contributed by atoms with Gasteiger partial charge in [-0.25, -0.2) is 9.78 Å². The molecule has 0 spiro atoms. The zero-order chi connectivity index (χ0) is 22.3. The summed E-state index contributed by atoms with van der Waals surface area (Å²) >= 11 is 4.69. The highest BCUT2D eigenvalue weighted by molar-refractivity contribution is 9.10. The first-order chi connectivity index (χ1) is 15.6. The van der Waals surface area contributed by atoms with Crippen LogP contribution >= 0.6 is 27.3 Å². The summed E-state index contributed by atoms with van der Waals surface area (Å²) in [7, 11) is 0. The van der Waals surface area contributed by atoms with E-state index in [1.807, 2.05) is 24.3 Å². The monoisotopic (exact) mass is 519 g/mol. The first-order valence-corrected chi connectivity index (χ1v) is 11.7. The molecule has 1 saturated heterocycles. The SMILES string of the molecule is O=C(O)c1ccsc1Nc1nc(Nc2ccc(OCCN3CCOCC3)cc2)ncc1Br. The minimum Gasteiger partial charge on any atom is -0.492 e. The molecular weight excluding hydrogens is 498 g/mol. The lowest BCUT2D eigenvalue weighted by Gasteiger charge is -2.26. The molecule has 9 nitrogen and oxygen atoms in total. The fraction of sp³-hybridized carbons (Fsp3) is 0.286. The van der Waals surface area contributed by atoms with Crippen LogP contribution in [0.2, 0.25) is 0 Å². The highest BCUT2D eigenvalue weighted by Crippen LogP contribution is 2.30. The maximum Gasteiger partial charge on any atom is 0.338 e. The smallest absolute Gasteiger partial charge is 0.338 e. The Morgan fingerprint density at radius 3 is 2.75 bits per heavy atom. The van der Waals surface area contributed by atoms with Gasteiger partial charge in [-0.2, -0.15) is 4.98 Å². The van der Waals surface area contributed by atoms with Gasteiger partial charge in [-0.05, 0) is 51.6 Å². The number of aromatic carboxylic acids is 1. The molecule has 2 aromatic heterocycles. The number of ether oxygens (including phenoxy) is 2. The van der Waals surface area contributed by atoms with E-state index in [4.69, 9.17) is 9.47 Å². The highest BCUT2D eigenvalue weighted by atomic mass is 79.9. The summed E-state index contributed by atoms with van der Waals surface area (Å²) in [6.45, 7) is 4.95.